The third-order valence-corrected chi connectivity index (χ3v) is 18.0. The van der Waals surface area contributed by atoms with Gasteiger partial charge in [0.05, 0.1) is 84.8 Å². The van der Waals surface area contributed by atoms with E-state index in [0.29, 0.717) is 38.4 Å². The predicted molar refractivity (Wildman–Crippen MR) is 379 cm³/mol. The third-order valence-electron chi connectivity index (χ3n) is 16.4. The average Bonchev–Trinajstić information content (AvgIpc) is 1.64. The Hall–Kier alpha value is -11.7. The third kappa shape index (κ3) is 11.3. The van der Waals surface area contributed by atoms with Crippen LogP contribution in [0.15, 0.2) is 200 Å². The molecule has 92 heavy (non-hydrogen) atoms. The second-order valence-corrected chi connectivity index (χ2v) is 24.6. The number of aromatic nitrogens is 6. The summed E-state index contributed by atoms with van der Waals surface area (Å²) in [6, 6.07) is 69.6. The zero-order valence-corrected chi connectivity index (χ0v) is 52.7. The van der Waals surface area contributed by atoms with E-state index in [4.69, 9.17) is 18.7 Å². The monoisotopic (exact) mass is 1230 g/mol. The van der Waals surface area contributed by atoms with Crippen molar-refractivity contribution in [1.82, 2.24) is 28.7 Å². The molecule has 12 nitrogen and oxygen atoms in total. The molecule has 8 bridgehead atoms. The summed E-state index contributed by atoms with van der Waals surface area (Å²) in [5.74, 6) is 5.93. The molecule has 0 radical (unpaired) electrons. The minimum absolute atomic E-state index is 0.345. The van der Waals surface area contributed by atoms with Gasteiger partial charge >= 0.3 is 5.97 Å². The van der Waals surface area contributed by atoms with Crippen molar-refractivity contribution in [1.29, 1.82) is 5.26 Å². The van der Waals surface area contributed by atoms with Crippen molar-refractivity contribution in [3.05, 3.63) is 272 Å². The maximum atomic E-state index is 11.7. The summed E-state index contributed by atoms with van der Waals surface area (Å²) < 4.78 is 9.59. The summed E-state index contributed by atoms with van der Waals surface area (Å²) in [7, 11) is 0. The minimum Gasteiger partial charge on any atom is -0.477 e. The molecule has 14 rings (SSSR count). The molecule has 5 aromatic heterocycles. The van der Waals surface area contributed by atoms with Gasteiger partial charge in [0, 0.05) is 49.4 Å². The Bertz CT molecular complexity index is 5040. The van der Waals surface area contributed by atoms with Gasteiger partial charge in [-0.3, -0.25) is 0 Å². The second-order valence-electron chi connectivity index (χ2n) is 23.0. The summed E-state index contributed by atoms with van der Waals surface area (Å²) in [5.41, 5.74) is 23.9. The summed E-state index contributed by atoms with van der Waals surface area (Å²) >= 11 is 2.46. The number of benzene rings is 7. The number of carboxylic acids is 1. The van der Waals surface area contributed by atoms with E-state index in [9.17, 15) is 15.2 Å². The van der Waals surface area contributed by atoms with Gasteiger partial charge in [0.2, 0.25) is 0 Å². The van der Waals surface area contributed by atoms with E-state index < -0.39 is 5.97 Å². The number of aromatic amines is 2. The van der Waals surface area contributed by atoms with Gasteiger partial charge in [-0.2, -0.15) is 14.0 Å². The maximum absolute atomic E-state index is 11.7. The van der Waals surface area contributed by atoms with E-state index in [-0.39, 0.29) is 5.57 Å². The number of carboxylic acid groups (broad SMARTS) is 1. The number of anilines is 9. The number of hydrogen-bond acceptors (Lipinski definition) is 11. The van der Waals surface area contributed by atoms with Crippen LogP contribution in [0.4, 0.5) is 51.2 Å². The van der Waals surface area contributed by atoms with Gasteiger partial charge in [-0.05, 0) is 193 Å². The van der Waals surface area contributed by atoms with Gasteiger partial charge in [0.25, 0.3) is 0 Å². The Morgan fingerprint density at radius 3 is 1.22 bits per heavy atom. The smallest absolute Gasteiger partial charge is 0.346 e. The standard InChI is InChI=1S/C78H58N10O2S2/c1-47-7-21-55(22-8-47)86(56-23-9-48(2)10-24-56)75-66-38-36-64(80-66)62(34-19-53-20-35-63(74-73(53)84-92-85-74)72-44-33-61(91-72)45-54(46-79)78(89)90)65-37-39-67(81-65)76(87(57-25-11-49(3)12-26-57)58-27-13-50(4)14-28-58)69-41-43-71(83-69)77(70-42-40-68(75)82-70)88(59-29-15-51(5)16-30-59)60-31-17-52(6)18-32-60/h7-18,20-33,35-45,80,83H,1-6H3,(H,89,90)/b54-45-,64-62?,65-62?,75-66?,75-68?,76-67?,76-69?,77-70?,77-71?. The molecule has 444 valence electrons. The highest BCUT2D eigenvalue weighted by Gasteiger charge is 2.27. The van der Waals surface area contributed by atoms with Gasteiger partial charge in [-0.25, -0.2) is 14.8 Å². The van der Waals surface area contributed by atoms with Crippen molar-refractivity contribution in [3.63, 3.8) is 0 Å². The molecule has 0 spiro atoms. The van der Waals surface area contributed by atoms with Gasteiger partial charge in [-0.15, -0.1) is 11.3 Å². The number of nitrogens with one attached hydrogen (secondary N) is 2. The molecule has 2 aliphatic heterocycles. The molecule has 0 amide bonds. The summed E-state index contributed by atoms with van der Waals surface area (Å²) in [5, 5.41) is 19.1. The molecule has 0 saturated heterocycles. The molecule has 12 aromatic rings. The van der Waals surface area contributed by atoms with Crippen LogP contribution >= 0.6 is 23.1 Å². The van der Waals surface area contributed by atoms with Crippen molar-refractivity contribution in [3.8, 4) is 28.4 Å². The van der Waals surface area contributed by atoms with Crippen LogP contribution in [-0.2, 0) is 4.79 Å². The molecular weight excluding hydrogens is 1170 g/mol. The van der Waals surface area contributed by atoms with Crippen molar-refractivity contribution in [2.75, 3.05) is 14.7 Å². The van der Waals surface area contributed by atoms with Crippen LogP contribution in [0.2, 0.25) is 0 Å². The largest absolute Gasteiger partial charge is 0.477 e. The number of thiophene rings is 1. The second kappa shape index (κ2) is 24.4. The molecular formula is C78H58N10O2S2. The lowest BCUT2D eigenvalue weighted by atomic mass is 10.1. The highest BCUT2D eigenvalue weighted by atomic mass is 32.1. The minimum atomic E-state index is -1.28. The van der Waals surface area contributed by atoms with E-state index in [1.165, 1.54) is 17.4 Å². The Balaban J connectivity index is 1.10. The molecule has 7 aromatic carbocycles. The number of H-pyrrole nitrogens is 2. The Labute approximate surface area is 540 Å². The van der Waals surface area contributed by atoms with Crippen LogP contribution < -0.4 is 14.7 Å². The first-order valence-electron chi connectivity index (χ1n) is 30.0. The van der Waals surface area contributed by atoms with Crippen molar-refractivity contribution < 1.29 is 9.90 Å². The zero-order valence-electron chi connectivity index (χ0n) is 51.1. The fourth-order valence-corrected chi connectivity index (χ4v) is 13.1. The topological polar surface area (TPSA) is 154 Å². The first-order valence-corrected chi connectivity index (χ1v) is 31.5. The first kappa shape index (κ1) is 58.0. The SMILES string of the molecule is Cc1ccc(N(c2ccc(C)cc2)c2c3nc(c(N(c4ccc(C)cc4)c4ccc(C)cc4)c4ccc([nH]4)c(N(c4ccc(C)cc4)c4ccc(C)cc4)c4nc(c(C#Cc5ccc(-c6ccc(/C=C(/C#N)C(=O)O)s6)c6nsnc56)c5ccc2[nH]5)C=C4)C=C3)cc1. The van der Waals surface area contributed by atoms with Gasteiger partial charge < -0.3 is 29.8 Å². The average molecular weight is 1230 g/mol. The van der Waals surface area contributed by atoms with Crippen molar-refractivity contribution in [2.24, 2.45) is 0 Å². The van der Waals surface area contributed by atoms with Gasteiger partial charge in [-0.1, -0.05) is 118 Å². The molecule has 3 N–H and O–H groups in total. The highest BCUT2D eigenvalue weighted by molar-refractivity contribution is 7.16. The van der Waals surface area contributed by atoms with Crippen LogP contribution in [0, 0.1) is 64.7 Å². The molecule has 0 unspecified atom stereocenters. The van der Waals surface area contributed by atoms with E-state index in [1.54, 1.807) is 12.1 Å². The number of nitrogens with zero attached hydrogens (tertiary/aromatic N) is 8. The first-order chi connectivity index (χ1) is 44.8. The summed E-state index contributed by atoms with van der Waals surface area (Å²) in [6.45, 7) is 12.6. The molecule has 0 atom stereocenters. The maximum Gasteiger partial charge on any atom is 0.346 e. The van der Waals surface area contributed by atoms with E-state index in [0.717, 1.165) is 140 Å². The summed E-state index contributed by atoms with van der Waals surface area (Å²) in [4.78, 5) is 39.5. The van der Waals surface area contributed by atoms with Crippen LogP contribution in [-0.4, -0.2) is 39.8 Å². The van der Waals surface area contributed by atoms with Gasteiger partial charge in [0.1, 0.15) is 22.7 Å². The number of carbonyl (C=O) groups is 1. The molecule has 14 heteroatoms. The number of rotatable bonds is 12. The molecule has 0 aliphatic carbocycles. The predicted octanol–water partition coefficient (Wildman–Crippen LogP) is 20.0. The van der Waals surface area contributed by atoms with E-state index in [2.05, 4.69) is 266 Å². The molecule has 0 saturated carbocycles. The fourth-order valence-electron chi connectivity index (χ4n) is 11.5. The molecule has 0 fully saturated rings. The van der Waals surface area contributed by atoms with Crippen LogP contribution in [0.5, 0.6) is 0 Å². The number of aryl methyl sites for hydroxylation is 6. The molecule has 7 heterocycles. The van der Waals surface area contributed by atoms with Crippen molar-refractivity contribution in [2.45, 2.75) is 41.5 Å². The summed E-state index contributed by atoms with van der Waals surface area (Å²) in [6.07, 6.45) is 9.76. The van der Waals surface area contributed by atoms with Crippen molar-refractivity contribution >= 4 is 144 Å². The Morgan fingerprint density at radius 1 is 0.446 bits per heavy atom. The lowest BCUT2D eigenvalue weighted by molar-refractivity contribution is -0.132. The Morgan fingerprint density at radius 2 is 0.815 bits per heavy atom. The number of hydrogen-bond donors (Lipinski definition) is 3. The fraction of sp³-hybridized carbons (Fsp3) is 0.0769. The zero-order chi connectivity index (χ0) is 63.1. The van der Waals surface area contributed by atoms with Crippen LogP contribution in [0.3, 0.4) is 0 Å². The lowest BCUT2D eigenvalue weighted by Crippen LogP contribution is -2.13. The number of fused-ring (bicyclic) bond motifs is 9. The van der Waals surface area contributed by atoms with Crippen LogP contribution in [0.25, 0.3) is 73.9 Å². The normalized spacial score (nSPS) is 11.8. The van der Waals surface area contributed by atoms with Crippen LogP contribution in [0.1, 0.15) is 72.2 Å². The van der Waals surface area contributed by atoms with E-state index in [1.807, 2.05) is 24.3 Å². The highest BCUT2D eigenvalue weighted by Crippen LogP contribution is 2.46. The van der Waals surface area contributed by atoms with Gasteiger partial charge in [0.15, 0.2) is 0 Å². The van der Waals surface area contributed by atoms with E-state index >= 15 is 0 Å². The molecule has 2 aliphatic rings. The lowest BCUT2D eigenvalue weighted by Gasteiger charge is -2.27. The Kier molecular flexibility index (Phi) is 15.4. The number of nitriles is 1. The number of aliphatic carboxylic acids is 1. The quantitative estimate of drug-likeness (QED) is 0.0612.